The first-order valence-electron chi connectivity index (χ1n) is 16.2. The highest BCUT2D eigenvalue weighted by Crippen LogP contribution is 2.56. The SMILES string of the molecule is CC(C)(C)C1(CC#N)Oc2cc3c4cc5c(cc4c4cc6c(cc4c3cc2O1)OC(CC#N)(C(C)(C)C)O6)OC(CC#N)(C(C)(C)C)O5. The summed E-state index contributed by atoms with van der Waals surface area (Å²) in [6.45, 7) is 17.9. The van der Waals surface area contributed by atoms with E-state index < -0.39 is 33.6 Å². The van der Waals surface area contributed by atoms with Gasteiger partial charge < -0.3 is 28.4 Å². The van der Waals surface area contributed by atoms with Crippen molar-refractivity contribution in [2.24, 2.45) is 16.2 Å². The van der Waals surface area contributed by atoms with E-state index in [9.17, 15) is 15.8 Å². The molecule has 7 rings (SSSR count). The molecule has 4 aromatic carbocycles. The molecule has 3 aliphatic heterocycles. The van der Waals surface area contributed by atoms with Crippen LogP contribution in [0.1, 0.15) is 81.6 Å². The smallest absolute Gasteiger partial charge is 0.269 e. The zero-order chi connectivity index (χ0) is 34.7. The van der Waals surface area contributed by atoms with Crippen LogP contribution in [0.3, 0.4) is 0 Å². The van der Waals surface area contributed by atoms with E-state index in [0.717, 1.165) is 32.3 Å². The summed E-state index contributed by atoms with van der Waals surface area (Å²) in [7, 11) is 0. The fourth-order valence-electron chi connectivity index (χ4n) is 6.87. The molecule has 0 fully saturated rings. The first-order valence-corrected chi connectivity index (χ1v) is 16.2. The van der Waals surface area contributed by atoms with Gasteiger partial charge in [0.25, 0.3) is 17.4 Å². The van der Waals surface area contributed by atoms with Crippen molar-refractivity contribution in [3.8, 4) is 52.7 Å². The Morgan fingerprint density at radius 1 is 0.396 bits per heavy atom. The van der Waals surface area contributed by atoms with Gasteiger partial charge in [-0.15, -0.1) is 0 Å². The third-order valence-corrected chi connectivity index (χ3v) is 10.1. The van der Waals surface area contributed by atoms with E-state index in [1.807, 2.05) is 98.7 Å². The van der Waals surface area contributed by atoms with Gasteiger partial charge >= 0.3 is 0 Å². The second-order valence-electron chi connectivity index (χ2n) is 16.2. The molecule has 9 heteroatoms. The molecule has 3 heterocycles. The average Bonchev–Trinajstić information content (AvgIpc) is 3.65. The topological polar surface area (TPSA) is 127 Å². The lowest BCUT2D eigenvalue weighted by Crippen LogP contribution is -2.50. The molecule has 0 radical (unpaired) electrons. The quantitative estimate of drug-likeness (QED) is 0.200. The summed E-state index contributed by atoms with van der Waals surface area (Å²) in [5.41, 5.74) is -1.53. The van der Waals surface area contributed by atoms with Gasteiger partial charge in [-0.25, -0.2) is 0 Å². The van der Waals surface area contributed by atoms with Crippen LogP contribution in [0.5, 0.6) is 34.5 Å². The monoisotopic (exact) mass is 645 g/mol. The molecule has 3 aliphatic rings. The van der Waals surface area contributed by atoms with Gasteiger partial charge in [-0.3, -0.25) is 0 Å². The maximum Gasteiger partial charge on any atom is 0.269 e. The van der Waals surface area contributed by atoms with Gasteiger partial charge in [-0.05, 0) is 68.7 Å². The fourth-order valence-corrected chi connectivity index (χ4v) is 6.87. The normalized spacial score (nSPS) is 24.1. The Balaban J connectivity index is 1.52. The lowest BCUT2D eigenvalue weighted by atomic mass is 9.83. The first-order chi connectivity index (χ1) is 22.4. The standard InChI is InChI=1S/C39H39N3O6/c1-34(2,3)37(10-13-40)43-28-16-22-23(17-29(28)44-37)25-19-31-33(48-39(46-31,12-15-42)36(7,8)9)21-27(25)26-20-32-30(18-24(22)26)45-38(47-32,11-14-41)35(4,5)6/h16-21H,10-12H2,1-9H3. The Morgan fingerprint density at radius 2 is 0.562 bits per heavy atom. The predicted molar refractivity (Wildman–Crippen MR) is 180 cm³/mol. The minimum atomic E-state index is -1.17. The van der Waals surface area contributed by atoms with Crippen molar-refractivity contribution in [2.45, 2.75) is 98.9 Å². The summed E-state index contributed by atoms with van der Waals surface area (Å²) >= 11 is 0. The summed E-state index contributed by atoms with van der Waals surface area (Å²) in [6, 6.07) is 18.5. The molecule has 0 amide bonds. The third kappa shape index (κ3) is 4.25. The lowest BCUT2D eigenvalue weighted by molar-refractivity contribution is -0.154. The Bertz CT molecular complexity index is 1800. The molecule has 0 bridgehead atoms. The van der Waals surface area contributed by atoms with Crippen LogP contribution in [0.2, 0.25) is 0 Å². The molecule has 9 nitrogen and oxygen atoms in total. The number of ether oxygens (including phenoxy) is 6. The molecule has 0 saturated heterocycles. The van der Waals surface area contributed by atoms with Crippen molar-refractivity contribution in [1.82, 2.24) is 0 Å². The summed E-state index contributed by atoms with van der Waals surface area (Å²) in [5.74, 6) is -0.254. The van der Waals surface area contributed by atoms with Gasteiger partial charge in [0, 0.05) is 16.2 Å². The van der Waals surface area contributed by atoms with Gasteiger partial charge in [-0.2, -0.15) is 15.8 Å². The largest absolute Gasteiger partial charge is 0.447 e. The van der Waals surface area contributed by atoms with Crippen LogP contribution in [0.25, 0.3) is 32.3 Å². The van der Waals surface area contributed by atoms with Crippen LogP contribution in [-0.4, -0.2) is 17.4 Å². The zero-order valence-electron chi connectivity index (χ0n) is 28.9. The molecule has 0 aromatic heterocycles. The molecule has 0 unspecified atom stereocenters. The van der Waals surface area contributed by atoms with Gasteiger partial charge in [0.1, 0.15) is 19.3 Å². The molecule has 48 heavy (non-hydrogen) atoms. The van der Waals surface area contributed by atoms with E-state index in [1.54, 1.807) is 0 Å². The van der Waals surface area contributed by atoms with Crippen molar-refractivity contribution in [3.63, 3.8) is 0 Å². The van der Waals surface area contributed by atoms with E-state index in [-0.39, 0.29) is 19.3 Å². The summed E-state index contributed by atoms with van der Waals surface area (Å²) in [6.07, 6.45) is 0.131. The number of hydrogen-bond donors (Lipinski definition) is 0. The molecular weight excluding hydrogens is 606 g/mol. The Hall–Kier alpha value is -5.07. The zero-order valence-corrected chi connectivity index (χ0v) is 28.9. The van der Waals surface area contributed by atoms with Crippen LogP contribution in [0.4, 0.5) is 0 Å². The van der Waals surface area contributed by atoms with Crippen LogP contribution < -0.4 is 28.4 Å². The van der Waals surface area contributed by atoms with Gasteiger partial charge in [-0.1, -0.05) is 62.3 Å². The maximum atomic E-state index is 9.76. The molecule has 0 atom stereocenters. The number of benzene rings is 4. The summed E-state index contributed by atoms with van der Waals surface area (Å²) in [5, 5.41) is 34.5. The van der Waals surface area contributed by atoms with Crippen molar-refractivity contribution in [3.05, 3.63) is 36.4 Å². The van der Waals surface area contributed by atoms with Crippen LogP contribution in [-0.2, 0) is 0 Å². The predicted octanol–water partition coefficient (Wildman–Crippen LogP) is 9.43. The molecule has 0 spiro atoms. The number of nitriles is 3. The number of nitrogens with zero attached hydrogens (tertiary/aromatic N) is 3. The fraction of sp³-hybridized carbons (Fsp3) is 0.462. The molecular formula is C39H39N3O6. The third-order valence-electron chi connectivity index (χ3n) is 10.1. The second-order valence-corrected chi connectivity index (χ2v) is 16.2. The van der Waals surface area contributed by atoms with E-state index in [0.29, 0.717) is 34.5 Å². The van der Waals surface area contributed by atoms with Gasteiger partial charge in [0.05, 0.1) is 18.2 Å². The van der Waals surface area contributed by atoms with E-state index in [2.05, 4.69) is 18.2 Å². The average molecular weight is 646 g/mol. The highest BCUT2D eigenvalue weighted by atomic mass is 16.7. The molecule has 246 valence electrons. The van der Waals surface area contributed by atoms with Crippen molar-refractivity contribution < 1.29 is 28.4 Å². The molecule has 0 saturated carbocycles. The Morgan fingerprint density at radius 3 is 0.688 bits per heavy atom. The van der Waals surface area contributed by atoms with Crippen molar-refractivity contribution in [1.29, 1.82) is 15.8 Å². The van der Waals surface area contributed by atoms with E-state index in [1.165, 1.54) is 0 Å². The molecule has 0 N–H and O–H groups in total. The highest BCUT2D eigenvalue weighted by molar-refractivity contribution is 6.27. The summed E-state index contributed by atoms with van der Waals surface area (Å²) in [4.78, 5) is 0. The second kappa shape index (κ2) is 9.74. The van der Waals surface area contributed by atoms with Crippen LogP contribution >= 0.6 is 0 Å². The van der Waals surface area contributed by atoms with Crippen molar-refractivity contribution >= 4 is 32.3 Å². The van der Waals surface area contributed by atoms with Crippen LogP contribution in [0.15, 0.2) is 36.4 Å². The van der Waals surface area contributed by atoms with Gasteiger partial charge in [0.2, 0.25) is 0 Å². The molecule has 0 aliphatic carbocycles. The van der Waals surface area contributed by atoms with E-state index >= 15 is 0 Å². The van der Waals surface area contributed by atoms with E-state index in [4.69, 9.17) is 28.4 Å². The minimum Gasteiger partial charge on any atom is -0.447 e. The lowest BCUT2D eigenvalue weighted by Gasteiger charge is -2.37. The van der Waals surface area contributed by atoms with Crippen molar-refractivity contribution in [2.75, 3.05) is 0 Å². The number of rotatable bonds is 3. The summed E-state index contributed by atoms with van der Waals surface area (Å²) < 4.78 is 39.1. The van der Waals surface area contributed by atoms with Gasteiger partial charge in [0.15, 0.2) is 34.5 Å². The Labute approximate surface area is 280 Å². The number of hydrogen-bond acceptors (Lipinski definition) is 9. The highest BCUT2D eigenvalue weighted by Gasteiger charge is 2.54. The Kier molecular flexibility index (Phi) is 6.40. The number of fused-ring (bicyclic) bond motifs is 9. The molecule has 4 aromatic rings. The van der Waals surface area contributed by atoms with Crippen LogP contribution in [0, 0.1) is 50.2 Å². The maximum absolute atomic E-state index is 9.76. The first kappa shape index (κ1) is 31.5. The minimum absolute atomic E-state index is 0.0436.